The van der Waals surface area contributed by atoms with Crippen LogP contribution in [0.25, 0.3) is 12.2 Å². The summed E-state index contributed by atoms with van der Waals surface area (Å²) in [5.74, 6) is 0. The van der Waals surface area contributed by atoms with Gasteiger partial charge in [-0.2, -0.15) is 0 Å². The number of hydrogen-bond donors (Lipinski definition) is 1. The highest BCUT2D eigenvalue weighted by Crippen LogP contribution is 2.22. The Kier molecular flexibility index (Phi) is 3.75. The van der Waals surface area contributed by atoms with Crippen molar-refractivity contribution in [2.45, 2.75) is 26.2 Å². The second kappa shape index (κ2) is 5.31. The molecule has 0 fully saturated rings. The molecular weight excluding hydrogens is 230 g/mol. The molecule has 0 unspecified atom stereocenters. The molecule has 0 aliphatic rings. The van der Waals surface area contributed by atoms with Gasteiger partial charge in [-0.1, -0.05) is 69.3 Å². The van der Waals surface area contributed by atoms with Crippen LogP contribution in [-0.2, 0) is 5.41 Å². The average Bonchev–Trinajstić information content (AvgIpc) is 2.37. The minimum Gasteiger partial charge on any atom is -0.399 e. The zero-order valence-electron chi connectivity index (χ0n) is 11.9. The zero-order chi connectivity index (χ0) is 13.9. The highest BCUT2D eigenvalue weighted by molar-refractivity contribution is 5.70. The summed E-state index contributed by atoms with van der Waals surface area (Å²) in [5, 5.41) is 0. The summed E-state index contributed by atoms with van der Waals surface area (Å²) in [5.41, 5.74) is 10.4. The number of nitrogens with two attached hydrogens (primary N) is 1. The highest BCUT2D eigenvalue weighted by Gasteiger charge is 2.12. The largest absolute Gasteiger partial charge is 0.399 e. The first kappa shape index (κ1) is 13.4. The quantitative estimate of drug-likeness (QED) is 0.605. The number of benzene rings is 2. The van der Waals surface area contributed by atoms with E-state index in [0.717, 1.165) is 11.3 Å². The molecule has 0 bridgehead atoms. The van der Waals surface area contributed by atoms with Crippen LogP contribution in [0, 0.1) is 0 Å². The summed E-state index contributed by atoms with van der Waals surface area (Å²) in [6, 6.07) is 16.6. The molecule has 19 heavy (non-hydrogen) atoms. The smallest absolute Gasteiger partial charge is 0.0314 e. The van der Waals surface area contributed by atoms with E-state index in [-0.39, 0.29) is 5.41 Å². The topological polar surface area (TPSA) is 26.0 Å². The summed E-state index contributed by atoms with van der Waals surface area (Å²) in [6.45, 7) is 6.69. The molecule has 1 heteroatoms. The third-order valence-electron chi connectivity index (χ3n) is 3.18. The van der Waals surface area contributed by atoms with Crippen molar-refractivity contribution in [1.82, 2.24) is 0 Å². The van der Waals surface area contributed by atoms with Crippen LogP contribution in [-0.4, -0.2) is 0 Å². The Morgan fingerprint density at radius 3 is 1.58 bits per heavy atom. The minimum absolute atomic E-state index is 0.208. The van der Waals surface area contributed by atoms with Gasteiger partial charge in [0.2, 0.25) is 0 Å². The van der Waals surface area contributed by atoms with Crippen molar-refractivity contribution in [3.63, 3.8) is 0 Å². The second-order valence-corrected chi connectivity index (χ2v) is 5.87. The molecule has 2 aromatic carbocycles. The van der Waals surface area contributed by atoms with Crippen LogP contribution in [0.1, 0.15) is 37.5 Å². The first-order chi connectivity index (χ1) is 8.95. The predicted octanol–water partition coefficient (Wildman–Crippen LogP) is 4.74. The lowest BCUT2D eigenvalue weighted by molar-refractivity contribution is 0.590. The van der Waals surface area contributed by atoms with Crippen molar-refractivity contribution in [1.29, 1.82) is 0 Å². The highest BCUT2D eigenvalue weighted by atomic mass is 14.5. The van der Waals surface area contributed by atoms with Crippen molar-refractivity contribution in [3.05, 3.63) is 65.2 Å². The van der Waals surface area contributed by atoms with Crippen LogP contribution in [0.4, 0.5) is 5.69 Å². The van der Waals surface area contributed by atoms with Crippen LogP contribution in [0.15, 0.2) is 48.5 Å². The second-order valence-electron chi connectivity index (χ2n) is 5.87. The van der Waals surface area contributed by atoms with Gasteiger partial charge in [0.15, 0.2) is 0 Å². The van der Waals surface area contributed by atoms with Crippen LogP contribution >= 0.6 is 0 Å². The van der Waals surface area contributed by atoms with E-state index >= 15 is 0 Å². The predicted molar refractivity (Wildman–Crippen MR) is 84.9 cm³/mol. The van der Waals surface area contributed by atoms with Crippen LogP contribution in [0.5, 0.6) is 0 Å². The molecule has 0 aromatic heterocycles. The van der Waals surface area contributed by atoms with E-state index in [1.807, 2.05) is 24.3 Å². The fourth-order valence-corrected chi connectivity index (χ4v) is 1.89. The normalized spacial score (nSPS) is 11.9. The Morgan fingerprint density at radius 1 is 0.737 bits per heavy atom. The SMILES string of the molecule is CC(C)(C)c1ccc(/C=C/c2ccc(N)cc2)cc1. The van der Waals surface area contributed by atoms with Crippen LogP contribution in [0.3, 0.4) is 0 Å². The van der Waals surface area contributed by atoms with Crippen molar-refractivity contribution in [3.8, 4) is 0 Å². The van der Waals surface area contributed by atoms with Crippen LogP contribution in [0.2, 0.25) is 0 Å². The molecule has 0 aliphatic carbocycles. The first-order valence-corrected chi connectivity index (χ1v) is 6.59. The Labute approximate surface area is 115 Å². The van der Waals surface area contributed by atoms with Crippen molar-refractivity contribution in [2.24, 2.45) is 0 Å². The van der Waals surface area contributed by atoms with Gasteiger partial charge in [0, 0.05) is 5.69 Å². The third-order valence-corrected chi connectivity index (χ3v) is 3.18. The number of nitrogen functional groups attached to an aromatic ring is 1. The standard InChI is InChI=1S/C18H21N/c1-18(2,3)16-10-6-14(7-11-16)4-5-15-8-12-17(19)13-9-15/h4-13H,19H2,1-3H3/b5-4+. The van der Waals surface area contributed by atoms with Gasteiger partial charge in [-0.3, -0.25) is 0 Å². The molecule has 98 valence electrons. The monoisotopic (exact) mass is 251 g/mol. The Morgan fingerprint density at radius 2 is 1.16 bits per heavy atom. The first-order valence-electron chi connectivity index (χ1n) is 6.59. The lowest BCUT2D eigenvalue weighted by Gasteiger charge is -2.18. The Balaban J connectivity index is 2.13. The van der Waals surface area contributed by atoms with Gasteiger partial charge < -0.3 is 5.73 Å². The summed E-state index contributed by atoms with van der Waals surface area (Å²) in [4.78, 5) is 0. The van der Waals surface area contributed by atoms with E-state index in [4.69, 9.17) is 5.73 Å². The Bertz CT molecular complexity index is 554. The van der Waals surface area contributed by atoms with Gasteiger partial charge >= 0.3 is 0 Å². The van der Waals surface area contributed by atoms with Gasteiger partial charge in [0.25, 0.3) is 0 Å². The summed E-state index contributed by atoms with van der Waals surface area (Å²) < 4.78 is 0. The zero-order valence-corrected chi connectivity index (χ0v) is 11.9. The maximum Gasteiger partial charge on any atom is 0.0314 e. The van der Waals surface area contributed by atoms with Gasteiger partial charge in [0.1, 0.15) is 0 Å². The van der Waals surface area contributed by atoms with E-state index < -0.39 is 0 Å². The van der Waals surface area contributed by atoms with Crippen molar-refractivity contribution >= 4 is 17.8 Å². The summed E-state index contributed by atoms with van der Waals surface area (Å²) in [7, 11) is 0. The Hall–Kier alpha value is -2.02. The van der Waals surface area contributed by atoms with Gasteiger partial charge in [-0.15, -0.1) is 0 Å². The van der Waals surface area contributed by atoms with E-state index in [2.05, 4.69) is 57.2 Å². The average molecular weight is 251 g/mol. The molecule has 0 amide bonds. The number of anilines is 1. The van der Waals surface area contributed by atoms with Gasteiger partial charge in [-0.25, -0.2) is 0 Å². The summed E-state index contributed by atoms with van der Waals surface area (Å²) >= 11 is 0. The number of hydrogen-bond acceptors (Lipinski definition) is 1. The molecule has 0 heterocycles. The molecule has 1 nitrogen and oxygen atoms in total. The maximum absolute atomic E-state index is 5.67. The molecule has 2 N–H and O–H groups in total. The fourth-order valence-electron chi connectivity index (χ4n) is 1.89. The minimum atomic E-state index is 0.208. The van der Waals surface area contributed by atoms with E-state index in [0.29, 0.717) is 0 Å². The molecule has 0 saturated heterocycles. The molecule has 0 radical (unpaired) electrons. The third kappa shape index (κ3) is 3.72. The molecule has 0 atom stereocenters. The van der Waals surface area contributed by atoms with E-state index in [1.54, 1.807) is 0 Å². The molecule has 0 aliphatic heterocycles. The molecule has 2 rings (SSSR count). The fraction of sp³-hybridized carbons (Fsp3) is 0.222. The lowest BCUT2D eigenvalue weighted by Crippen LogP contribution is -2.10. The van der Waals surface area contributed by atoms with Crippen molar-refractivity contribution < 1.29 is 0 Å². The van der Waals surface area contributed by atoms with Gasteiger partial charge in [0.05, 0.1) is 0 Å². The maximum atomic E-state index is 5.67. The lowest BCUT2D eigenvalue weighted by atomic mass is 9.87. The van der Waals surface area contributed by atoms with Crippen LogP contribution < -0.4 is 5.73 Å². The molecule has 0 saturated carbocycles. The number of rotatable bonds is 2. The van der Waals surface area contributed by atoms with E-state index in [1.165, 1.54) is 11.1 Å². The van der Waals surface area contributed by atoms with E-state index in [9.17, 15) is 0 Å². The van der Waals surface area contributed by atoms with Gasteiger partial charge in [-0.05, 0) is 34.2 Å². The summed E-state index contributed by atoms with van der Waals surface area (Å²) in [6.07, 6.45) is 4.23. The molecular formula is C18H21N. The van der Waals surface area contributed by atoms with Crippen molar-refractivity contribution in [2.75, 3.05) is 5.73 Å². The molecule has 0 spiro atoms. The molecule has 2 aromatic rings.